The minimum absolute atomic E-state index is 0. The molecule has 0 aliphatic carbocycles. The highest BCUT2D eigenvalue weighted by Crippen LogP contribution is 2.16. The third-order valence-corrected chi connectivity index (χ3v) is 2.67. The lowest BCUT2D eigenvalue weighted by atomic mass is 10.2. The molecule has 0 saturated heterocycles. The van der Waals surface area contributed by atoms with E-state index in [4.69, 9.17) is 0 Å². The number of aliphatic imine (C=N–C) groups is 1. The highest BCUT2D eigenvalue weighted by Gasteiger charge is 2.02. The van der Waals surface area contributed by atoms with Crippen LogP contribution in [0.5, 0.6) is 0 Å². The minimum Gasteiger partial charge on any atom is -0.357 e. The van der Waals surface area contributed by atoms with Gasteiger partial charge in [0, 0.05) is 23.1 Å². The summed E-state index contributed by atoms with van der Waals surface area (Å²) in [4.78, 5) is 4.31. The van der Waals surface area contributed by atoms with Crippen molar-refractivity contribution in [3.8, 4) is 0 Å². The topological polar surface area (TPSA) is 36.4 Å². The van der Waals surface area contributed by atoms with Crippen LogP contribution < -0.4 is 10.6 Å². The lowest BCUT2D eigenvalue weighted by Gasteiger charge is -2.09. The van der Waals surface area contributed by atoms with Gasteiger partial charge in [-0.05, 0) is 25.1 Å². The van der Waals surface area contributed by atoms with Gasteiger partial charge >= 0.3 is 0 Å². The Kier molecular flexibility index (Phi) is 9.85. The molecule has 1 aromatic rings. The standard InChI is InChI=1S/C13H17BrFN3.HI/c1-3-7-17-13(16-4-2)18-9-10-8-11(14)5-6-12(10)15;/h3,5-6,8H,1,4,7,9H2,2H3,(H2,16,17,18);1H. The average Bonchev–Trinajstić information content (AvgIpc) is 2.36. The first kappa shape index (κ1) is 18.4. The Hall–Kier alpha value is -0.630. The molecule has 0 fully saturated rings. The average molecular weight is 442 g/mol. The van der Waals surface area contributed by atoms with Gasteiger partial charge in [0.1, 0.15) is 5.82 Å². The van der Waals surface area contributed by atoms with E-state index in [1.54, 1.807) is 18.2 Å². The third-order valence-electron chi connectivity index (χ3n) is 2.17. The van der Waals surface area contributed by atoms with Crippen LogP contribution in [0, 0.1) is 5.82 Å². The molecule has 0 radical (unpaired) electrons. The van der Waals surface area contributed by atoms with E-state index < -0.39 is 0 Å². The van der Waals surface area contributed by atoms with Crippen LogP contribution in [0.4, 0.5) is 4.39 Å². The summed E-state index contributed by atoms with van der Waals surface area (Å²) in [6.45, 7) is 7.26. The Labute approximate surface area is 138 Å². The lowest BCUT2D eigenvalue weighted by molar-refractivity contribution is 0.610. The highest BCUT2D eigenvalue weighted by molar-refractivity contribution is 14.0. The molecule has 0 atom stereocenters. The summed E-state index contributed by atoms with van der Waals surface area (Å²) in [5.41, 5.74) is 0.556. The fourth-order valence-electron chi connectivity index (χ4n) is 1.34. The Morgan fingerprint density at radius 1 is 1.47 bits per heavy atom. The summed E-state index contributed by atoms with van der Waals surface area (Å²) in [5, 5.41) is 6.14. The number of benzene rings is 1. The van der Waals surface area contributed by atoms with Gasteiger partial charge in [0.05, 0.1) is 6.54 Å². The minimum atomic E-state index is -0.249. The summed E-state index contributed by atoms with van der Waals surface area (Å²) >= 11 is 3.32. The first-order valence-corrected chi connectivity index (χ1v) is 6.53. The van der Waals surface area contributed by atoms with Crippen molar-refractivity contribution in [2.75, 3.05) is 13.1 Å². The van der Waals surface area contributed by atoms with Crippen LogP contribution in [-0.4, -0.2) is 19.0 Å². The largest absolute Gasteiger partial charge is 0.357 e. The molecular formula is C13H18BrFIN3. The van der Waals surface area contributed by atoms with Crippen molar-refractivity contribution in [3.63, 3.8) is 0 Å². The van der Waals surface area contributed by atoms with E-state index in [-0.39, 0.29) is 36.3 Å². The predicted molar refractivity (Wildman–Crippen MR) is 92.5 cm³/mol. The first-order valence-electron chi connectivity index (χ1n) is 5.74. The van der Waals surface area contributed by atoms with Crippen molar-refractivity contribution in [2.24, 2.45) is 4.99 Å². The van der Waals surface area contributed by atoms with Gasteiger partial charge < -0.3 is 10.6 Å². The maximum Gasteiger partial charge on any atom is 0.191 e. The summed E-state index contributed by atoms with van der Waals surface area (Å²) in [5.74, 6) is 0.401. The van der Waals surface area contributed by atoms with Crippen molar-refractivity contribution >= 4 is 45.9 Å². The molecule has 1 aromatic carbocycles. The van der Waals surface area contributed by atoms with Gasteiger partial charge in [-0.15, -0.1) is 30.6 Å². The number of nitrogens with one attached hydrogen (secondary N) is 2. The van der Waals surface area contributed by atoms with Crippen LogP contribution in [0.15, 0.2) is 40.3 Å². The quantitative estimate of drug-likeness (QED) is 0.318. The molecule has 106 valence electrons. The van der Waals surface area contributed by atoms with Crippen LogP contribution in [0.3, 0.4) is 0 Å². The number of nitrogens with zero attached hydrogens (tertiary/aromatic N) is 1. The zero-order chi connectivity index (χ0) is 13.4. The molecule has 0 aliphatic rings. The van der Waals surface area contributed by atoms with Crippen molar-refractivity contribution in [2.45, 2.75) is 13.5 Å². The summed E-state index contributed by atoms with van der Waals surface area (Å²) in [6, 6.07) is 4.83. The SMILES string of the molecule is C=CCNC(=NCc1cc(Br)ccc1F)NCC.I. The van der Waals surface area contributed by atoms with Gasteiger partial charge in [-0.3, -0.25) is 0 Å². The number of guanidine groups is 1. The predicted octanol–water partition coefficient (Wildman–Crippen LogP) is 3.45. The maximum absolute atomic E-state index is 13.5. The van der Waals surface area contributed by atoms with Crippen LogP contribution >= 0.6 is 39.9 Å². The van der Waals surface area contributed by atoms with Gasteiger partial charge in [0.25, 0.3) is 0 Å². The van der Waals surface area contributed by atoms with Gasteiger partial charge in [0.2, 0.25) is 0 Å². The van der Waals surface area contributed by atoms with Gasteiger partial charge in [-0.2, -0.15) is 0 Å². The molecule has 0 aromatic heterocycles. The molecule has 2 N–H and O–H groups in total. The Bertz CT molecular complexity index is 438. The van der Waals surface area contributed by atoms with E-state index in [0.717, 1.165) is 11.0 Å². The fourth-order valence-corrected chi connectivity index (χ4v) is 1.75. The lowest BCUT2D eigenvalue weighted by Crippen LogP contribution is -2.37. The smallest absolute Gasteiger partial charge is 0.191 e. The van der Waals surface area contributed by atoms with Crippen molar-refractivity contribution < 1.29 is 4.39 Å². The highest BCUT2D eigenvalue weighted by atomic mass is 127. The molecule has 0 amide bonds. The van der Waals surface area contributed by atoms with Gasteiger partial charge in [0.15, 0.2) is 5.96 Å². The monoisotopic (exact) mass is 441 g/mol. The molecule has 0 bridgehead atoms. The van der Waals surface area contributed by atoms with E-state index in [1.807, 2.05) is 6.92 Å². The van der Waals surface area contributed by atoms with Crippen LogP contribution in [0.1, 0.15) is 12.5 Å². The third kappa shape index (κ3) is 6.91. The zero-order valence-electron chi connectivity index (χ0n) is 10.7. The molecule has 0 unspecified atom stereocenters. The fraction of sp³-hybridized carbons (Fsp3) is 0.308. The molecule has 1 rings (SSSR count). The van der Waals surface area contributed by atoms with E-state index in [9.17, 15) is 4.39 Å². The second kappa shape index (κ2) is 10.2. The molecule has 6 heteroatoms. The Morgan fingerprint density at radius 2 is 2.21 bits per heavy atom. The van der Waals surface area contributed by atoms with Gasteiger partial charge in [-0.1, -0.05) is 22.0 Å². The zero-order valence-corrected chi connectivity index (χ0v) is 14.7. The van der Waals surface area contributed by atoms with Crippen LogP contribution in [0.25, 0.3) is 0 Å². The molecule has 19 heavy (non-hydrogen) atoms. The molecule has 0 aliphatic heterocycles. The maximum atomic E-state index is 13.5. The van der Waals surface area contributed by atoms with Crippen LogP contribution in [-0.2, 0) is 6.54 Å². The van der Waals surface area contributed by atoms with E-state index in [2.05, 4.69) is 38.1 Å². The summed E-state index contributed by atoms with van der Waals surface area (Å²) in [7, 11) is 0. The van der Waals surface area contributed by atoms with E-state index in [0.29, 0.717) is 18.1 Å². The number of rotatable bonds is 5. The second-order valence-electron chi connectivity index (χ2n) is 3.60. The van der Waals surface area contributed by atoms with E-state index >= 15 is 0 Å². The first-order chi connectivity index (χ1) is 8.67. The normalized spacial score (nSPS) is 10.6. The summed E-state index contributed by atoms with van der Waals surface area (Å²) < 4.78 is 14.4. The number of hydrogen-bond acceptors (Lipinski definition) is 1. The number of hydrogen-bond donors (Lipinski definition) is 2. The van der Waals surface area contributed by atoms with Gasteiger partial charge in [-0.25, -0.2) is 9.38 Å². The molecule has 0 saturated carbocycles. The van der Waals surface area contributed by atoms with Crippen molar-refractivity contribution in [3.05, 3.63) is 46.7 Å². The molecule has 3 nitrogen and oxygen atoms in total. The molecule has 0 heterocycles. The van der Waals surface area contributed by atoms with Crippen molar-refractivity contribution in [1.29, 1.82) is 0 Å². The molecule has 0 spiro atoms. The van der Waals surface area contributed by atoms with Crippen molar-refractivity contribution in [1.82, 2.24) is 10.6 Å². The molecular weight excluding hydrogens is 424 g/mol. The second-order valence-corrected chi connectivity index (χ2v) is 4.52. The van der Waals surface area contributed by atoms with Crippen LogP contribution in [0.2, 0.25) is 0 Å². The summed E-state index contributed by atoms with van der Waals surface area (Å²) in [6.07, 6.45) is 1.74. The van der Waals surface area contributed by atoms with E-state index in [1.165, 1.54) is 6.07 Å². The Morgan fingerprint density at radius 3 is 2.84 bits per heavy atom. The number of halogens is 3. The Balaban J connectivity index is 0.00000324.